The number of nitrogens with one attached hydrogen (secondary N) is 1. The van der Waals surface area contributed by atoms with Crippen LogP contribution in [-0.2, 0) is 11.3 Å². The lowest BCUT2D eigenvalue weighted by atomic mass is 10.1. The minimum atomic E-state index is -1.23. The Kier molecular flexibility index (Phi) is 5.33. The molecule has 0 bridgehead atoms. The lowest BCUT2D eigenvalue weighted by Gasteiger charge is -2.16. The summed E-state index contributed by atoms with van der Waals surface area (Å²) >= 11 is 2.15. The summed E-state index contributed by atoms with van der Waals surface area (Å²) in [5.41, 5.74) is 1.59. The summed E-state index contributed by atoms with van der Waals surface area (Å²) in [6, 6.07) is 5.28. The molecule has 11 heteroatoms. The van der Waals surface area contributed by atoms with Crippen LogP contribution in [0.2, 0.25) is 0 Å². The number of imidazole rings is 1. The molecule has 1 unspecified atom stereocenters. The Morgan fingerprint density at radius 2 is 2.00 bits per heavy atom. The first kappa shape index (κ1) is 19.3. The van der Waals surface area contributed by atoms with Gasteiger partial charge in [0.2, 0.25) is 0 Å². The summed E-state index contributed by atoms with van der Waals surface area (Å²) in [5.74, 6) is 0.635. The maximum absolute atomic E-state index is 10.3. The molecule has 10 nitrogen and oxygen atoms in total. The van der Waals surface area contributed by atoms with Crippen LogP contribution in [0.4, 0.5) is 5.82 Å². The Balaban J connectivity index is 1.62. The van der Waals surface area contributed by atoms with Crippen molar-refractivity contribution in [1.29, 1.82) is 0 Å². The highest BCUT2D eigenvalue weighted by atomic mass is 127. The van der Waals surface area contributed by atoms with Crippen molar-refractivity contribution < 1.29 is 25.2 Å². The molecule has 4 rings (SSSR count). The van der Waals surface area contributed by atoms with E-state index in [4.69, 9.17) is 4.74 Å². The third-order valence-corrected chi connectivity index (χ3v) is 5.69. The molecular weight excluding hydrogens is 481 g/mol. The van der Waals surface area contributed by atoms with Gasteiger partial charge in [0.1, 0.15) is 30.4 Å². The fraction of sp³-hybridized carbons (Fsp3) is 0.353. The van der Waals surface area contributed by atoms with E-state index in [9.17, 15) is 20.4 Å². The molecule has 148 valence electrons. The Bertz CT molecular complexity index is 979. The van der Waals surface area contributed by atoms with Gasteiger partial charge in [-0.25, -0.2) is 15.0 Å². The third kappa shape index (κ3) is 3.28. The van der Waals surface area contributed by atoms with E-state index < -0.39 is 31.1 Å². The highest BCUT2D eigenvalue weighted by molar-refractivity contribution is 14.1. The number of benzene rings is 1. The van der Waals surface area contributed by atoms with Gasteiger partial charge in [-0.3, -0.25) is 4.57 Å². The van der Waals surface area contributed by atoms with Crippen molar-refractivity contribution in [2.24, 2.45) is 0 Å². The zero-order valence-electron chi connectivity index (χ0n) is 14.5. The van der Waals surface area contributed by atoms with Crippen molar-refractivity contribution in [2.45, 2.75) is 31.1 Å². The van der Waals surface area contributed by atoms with Crippen LogP contribution in [-0.4, -0.2) is 64.9 Å². The van der Waals surface area contributed by atoms with Crippen LogP contribution in [0, 0.1) is 3.57 Å². The number of aliphatic hydroxyl groups excluding tert-OH is 3. The van der Waals surface area contributed by atoms with Gasteiger partial charge in [0, 0.05) is 15.7 Å². The molecule has 0 saturated carbocycles. The van der Waals surface area contributed by atoms with Crippen LogP contribution in [0.3, 0.4) is 0 Å². The highest BCUT2D eigenvalue weighted by Gasteiger charge is 2.44. The number of phenolic OH excluding ortho intramolecular Hbond substituents is 1. The molecule has 1 aliphatic heterocycles. The van der Waals surface area contributed by atoms with Crippen molar-refractivity contribution in [3.8, 4) is 5.75 Å². The van der Waals surface area contributed by atoms with Gasteiger partial charge in [-0.05, 0) is 34.7 Å². The van der Waals surface area contributed by atoms with Crippen molar-refractivity contribution >= 4 is 39.6 Å². The number of aliphatic hydroxyl groups is 3. The molecular formula is C17H18IN5O5. The van der Waals surface area contributed by atoms with Gasteiger partial charge in [-0.2, -0.15) is 0 Å². The van der Waals surface area contributed by atoms with Gasteiger partial charge in [-0.1, -0.05) is 6.07 Å². The van der Waals surface area contributed by atoms with E-state index >= 15 is 0 Å². The van der Waals surface area contributed by atoms with Gasteiger partial charge in [0.05, 0.1) is 12.9 Å². The SMILES string of the molecule is OC[C@H]1OC(n2cnc3c(NCc4c(O)cccc4I)ncnc32)[C@H](O)[C@@H]1O. The molecule has 3 aromatic rings. The molecule has 1 saturated heterocycles. The van der Waals surface area contributed by atoms with Crippen LogP contribution in [0.5, 0.6) is 5.75 Å². The molecule has 3 heterocycles. The molecule has 0 aliphatic carbocycles. The molecule has 2 aromatic heterocycles. The zero-order valence-corrected chi connectivity index (χ0v) is 16.6. The molecule has 1 aliphatic rings. The van der Waals surface area contributed by atoms with Crippen LogP contribution < -0.4 is 5.32 Å². The Morgan fingerprint density at radius 3 is 2.71 bits per heavy atom. The molecule has 0 spiro atoms. The number of anilines is 1. The van der Waals surface area contributed by atoms with E-state index in [1.807, 2.05) is 6.07 Å². The van der Waals surface area contributed by atoms with Crippen molar-refractivity contribution in [3.63, 3.8) is 0 Å². The fourth-order valence-electron chi connectivity index (χ4n) is 3.17. The maximum Gasteiger partial charge on any atom is 0.167 e. The quantitative estimate of drug-likeness (QED) is 0.314. The van der Waals surface area contributed by atoms with Crippen molar-refractivity contribution in [2.75, 3.05) is 11.9 Å². The van der Waals surface area contributed by atoms with Crippen LogP contribution in [0.15, 0.2) is 30.9 Å². The molecule has 28 heavy (non-hydrogen) atoms. The Labute approximate surface area is 173 Å². The van der Waals surface area contributed by atoms with Gasteiger partial charge >= 0.3 is 0 Å². The summed E-state index contributed by atoms with van der Waals surface area (Å²) < 4.78 is 7.95. The largest absolute Gasteiger partial charge is 0.508 e. The van der Waals surface area contributed by atoms with E-state index in [0.29, 0.717) is 23.5 Å². The molecule has 1 aromatic carbocycles. The zero-order chi connectivity index (χ0) is 19.8. The standard InChI is InChI=1S/C17H18IN5O5/c18-9-2-1-3-10(25)8(9)4-19-15-12-16(21-6-20-15)23(7-22-12)17-14(27)13(26)11(5-24)28-17/h1-3,6-7,11,13-14,17,24-27H,4-5H2,(H,19,20,21)/t11-,13-,14-,17?/m1/s1. The number of aromatic nitrogens is 4. The topological polar surface area (TPSA) is 146 Å². The summed E-state index contributed by atoms with van der Waals surface area (Å²) in [6.45, 7) is -0.0832. The van der Waals surface area contributed by atoms with E-state index in [1.54, 1.807) is 12.1 Å². The lowest BCUT2D eigenvalue weighted by molar-refractivity contribution is -0.0511. The average molecular weight is 499 g/mol. The van der Waals surface area contributed by atoms with Gasteiger partial charge < -0.3 is 30.5 Å². The normalized spacial score (nSPS) is 24.7. The van der Waals surface area contributed by atoms with E-state index in [1.165, 1.54) is 17.2 Å². The van der Waals surface area contributed by atoms with Crippen LogP contribution in [0.1, 0.15) is 11.8 Å². The maximum atomic E-state index is 10.3. The third-order valence-electron chi connectivity index (χ3n) is 4.68. The van der Waals surface area contributed by atoms with Gasteiger partial charge in [0.15, 0.2) is 23.2 Å². The number of nitrogens with zero attached hydrogens (tertiary/aromatic N) is 4. The molecule has 4 atom stereocenters. The van der Waals surface area contributed by atoms with E-state index in [-0.39, 0.29) is 5.75 Å². The smallest absolute Gasteiger partial charge is 0.167 e. The monoisotopic (exact) mass is 499 g/mol. The number of hydrogen-bond acceptors (Lipinski definition) is 9. The van der Waals surface area contributed by atoms with Gasteiger partial charge in [-0.15, -0.1) is 0 Å². The van der Waals surface area contributed by atoms with Crippen LogP contribution in [0.25, 0.3) is 11.2 Å². The predicted octanol–water partition coefficient (Wildman–Crippen LogP) is 0.360. The number of fused-ring (bicyclic) bond motifs is 1. The Morgan fingerprint density at radius 1 is 1.18 bits per heavy atom. The molecule has 5 N–H and O–H groups in total. The number of halogens is 1. The second kappa shape index (κ2) is 7.75. The number of rotatable bonds is 5. The van der Waals surface area contributed by atoms with Crippen molar-refractivity contribution in [3.05, 3.63) is 40.0 Å². The number of hydrogen-bond donors (Lipinski definition) is 5. The summed E-state index contributed by atoms with van der Waals surface area (Å²) in [4.78, 5) is 12.7. The predicted molar refractivity (Wildman–Crippen MR) is 106 cm³/mol. The number of aromatic hydroxyl groups is 1. The average Bonchev–Trinajstić information content (AvgIpc) is 3.23. The van der Waals surface area contributed by atoms with Crippen molar-refractivity contribution in [1.82, 2.24) is 19.5 Å². The van der Waals surface area contributed by atoms with E-state index in [0.717, 1.165) is 9.13 Å². The first-order valence-corrected chi connectivity index (χ1v) is 9.59. The molecule has 0 radical (unpaired) electrons. The summed E-state index contributed by atoms with van der Waals surface area (Å²) in [6.07, 6.45) is -1.48. The number of phenols is 1. The molecule has 1 fully saturated rings. The minimum absolute atomic E-state index is 0.182. The lowest BCUT2D eigenvalue weighted by Crippen LogP contribution is -2.33. The summed E-state index contributed by atoms with van der Waals surface area (Å²) in [7, 11) is 0. The first-order valence-electron chi connectivity index (χ1n) is 8.51. The fourth-order valence-corrected chi connectivity index (χ4v) is 3.85. The second-order valence-electron chi connectivity index (χ2n) is 6.37. The minimum Gasteiger partial charge on any atom is -0.508 e. The highest BCUT2D eigenvalue weighted by Crippen LogP contribution is 2.32. The first-order chi connectivity index (χ1) is 13.5. The van der Waals surface area contributed by atoms with Gasteiger partial charge in [0.25, 0.3) is 0 Å². The van der Waals surface area contributed by atoms with Crippen LogP contribution >= 0.6 is 22.6 Å². The molecule has 0 amide bonds. The number of ether oxygens (including phenoxy) is 1. The second-order valence-corrected chi connectivity index (χ2v) is 7.53. The van der Waals surface area contributed by atoms with E-state index in [2.05, 4.69) is 42.9 Å². The summed E-state index contributed by atoms with van der Waals surface area (Å²) in [5, 5.41) is 42.7. The Hall–Kier alpha value is -2.06.